The van der Waals surface area contributed by atoms with Crippen LogP contribution in [0.15, 0.2) is 59.5 Å². The summed E-state index contributed by atoms with van der Waals surface area (Å²) in [5.41, 5.74) is 1.77. The average Bonchev–Trinajstić information content (AvgIpc) is 2.54. The van der Waals surface area contributed by atoms with Crippen LogP contribution in [-0.4, -0.2) is 15.2 Å². The predicted molar refractivity (Wildman–Crippen MR) is 85.6 cm³/mol. The molecular weight excluding hydrogens is 339 g/mol. The zero-order chi connectivity index (χ0) is 16.7. The van der Waals surface area contributed by atoms with Crippen LogP contribution in [0.5, 0.6) is 0 Å². The molecule has 0 aliphatic carbocycles. The molecule has 0 bridgehead atoms. The van der Waals surface area contributed by atoms with Crippen LogP contribution in [0.3, 0.4) is 0 Å². The maximum absolute atomic E-state index is 11.9. The lowest BCUT2D eigenvalue weighted by molar-refractivity contribution is 0.107. The minimum absolute atomic E-state index is 0.0107. The van der Waals surface area contributed by atoms with Crippen molar-refractivity contribution in [3.8, 4) is 0 Å². The predicted octanol–water partition coefficient (Wildman–Crippen LogP) is 3.28. The molecule has 0 N–H and O–H groups in total. The van der Waals surface area contributed by atoms with Gasteiger partial charge in [-0.1, -0.05) is 48.0 Å². The molecule has 6 nitrogen and oxygen atoms in total. The second-order valence-electron chi connectivity index (χ2n) is 4.67. The van der Waals surface area contributed by atoms with Gasteiger partial charge < -0.3 is 4.52 Å². The van der Waals surface area contributed by atoms with Crippen LogP contribution in [0.25, 0.3) is 0 Å². The summed E-state index contributed by atoms with van der Waals surface area (Å²) >= 11 is 0. The summed E-state index contributed by atoms with van der Waals surface area (Å²) < 4.78 is 49.7. The highest BCUT2D eigenvalue weighted by Gasteiger charge is 2.15. The fourth-order valence-electron chi connectivity index (χ4n) is 1.67. The molecule has 0 spiro atoms. The Kier molecular flexibility index (Phi) is 6.50. The summed E-state index contributed by atoms with van der Waals surface area (Å²) in [6.45, 7) is 1.29. The van der Waals surface area contributed by atoms with Crippen LogP contribution in [0, 0.1) is 6.92 Å². The first kappa shape index (κ1) is 17.8. The minimum atomic E-state index is -3.94. The third-order valence-electron chi connectivity index (χ3n) is 2.89. The van der Waals surface area contributed by atoms with E-state index in [9.17, 15) is 13.0 Å². The second kappa shape index (κ2) is 8.38. The van der Waals surface area contributed by atoms with E-state index in [1.165, 1.54) is 12.1 Å². The number of benzene rings is 2. The normalized spacial score (nSPS) is 12.9. The van der Waals surface area contributed by atoms with Crippen molar-refractivity contribution in [2.24, 2.45) is 0 Å². The molecule has 0 aliphatic heterocycles. The van der Waals surface area contributed by atoms with Crippen molar-refractivity contribution >= 4 is 18.4 Å². The number of rotatable bonds is 8. The van der Waals surface area contributed by atoms with Crippen molar-refractivity contribution in [1.82, 2.24) is 0 Å². The maximum Gasteiger partial charge on any atom is 0.321 e. The molecule has 0 aromatic heterocycles. The van der Waals surface area contributed by atoms with Crippen LogP contribution >= 0.6 is 8.25 Å². The number of hydrogen-bond acceptors (Lipinski definition) is 6. The molecule has 2 aromatic carbocycles. The molecule has 8 heteroatoms. The van der Waals surface area contributed by atoms with Crippen molar-refractivity contribution in [3.05, 3.63) is 65.7 Å². The largest absolute Gasteiger partial charge is 0.321 e. The fourth-order valence-corrected chi connectivity index (χ4v) is 3.06. The van der Waals surface area contributed by atoms with Gasteiger partial charge in [0.2, 0.25) is 0 Å². The first-order chi connectivity index (χ1) is 11.0. The van der Waals surface area contributed by atoms with Crippen molar-refractivity contribution in [2.75, 3.05) is 6.79 Å². The van der Waals surface area contributed by atoms with Gasteiger partial charge in [-0.15, -0.1) is 0 Å². The van der Waals surface area contributed by atoms with E-state index in [0.717, 1.165) is 11.1 Å². The van der Waals surface area contributed by atoms with Gasteiger partial charge in [0.25, 0.3) is 10.1 Å². The first-order valence-electron chi connectivity index (χ1n) is 6.77. The Hall–Kier alpha value is -1.50. The van der Waals surface area contributed by atoms with E-state index in [0.29, 0.717) is 0 Å². The van der Waals surface area contributed by atoms with Crippen molar-refractivity contribution in [3.63, 3.8) is 0 Å². The third-order valence-corrected chi connectivity index (χ3v) is 4.88. The summed E-state index contributed by atoms with van der Waals surface area (Å²) in [5.74, 6) is 0. The number of aryl methyl sites for hydroxylation is 1. The minimum Gasteiger partial charge on any atom is -0.306 e. The lowest BCUT2D eigenvalue weighted by Gasteiger charge is -2.07. The van der Waals surface area contributed by atoms with Gasteiger partial charge in [0.05, 0.1) is 11.5 Å². The van der Waals surface area contributed by atoms with Gasteiger partial charge in [-0.3, -0.25) is 9.09 Å². The molecule has 0 saturated heterocycles. The van der Waals surface area contributed by atoms with E-state index in [4.69, 9.17) is 9.05 Å². The third kappa shape index (κ3) is 5.89. The molecule has 2 aromatic rings. The monoisotopic (exact) mass is 356 g/mol. The zero-order valence-electron chi connectivity index (χ0n) is 12.5. The molecule has 2 rings (SSSR count). The van der Waals surface area contributed by atoms with Crippen LogP contribution < -0.4 is 0 Å². The molecule has 0 radical (unpaired) electrons. The Labute approximate surface area is 136 Å². The topological polar surface area (TPSA) is 78.9 Å². The highest BCUT2D eigenvalue weighted by Crippen LogP contribution is 2.26. The summed E-state index contributed by atoms with van der Waals surface area (Å²) in [6, 6.07) is 15.3. The SMILES string of the molecule is Cc1ccc(S(=O)(=O)OCO[PH](=O)OCc2ccccc2)cc1. The molecule has 124 valence electrons. The molecule has 0 fully saturated rings. The molecule has 0 amide bonds. The van der Waals surface area contributed by atoms with Gasteiger partial charge >= 0.3 is 8.25 Å². The Balaban J connectivity index is 1.77. The van der Waals surface area contributed by atoms with E-state index in [2.05, 4.69) is 4.18 Å². The fraction of sp³-hybridized carbons (Fsp3) is 0.200. The standard InChI is InChI=1S/C15H17O6PS/c1-13-7-9-15(10-8-13)23(17,18)21-12-20-22(16)19-11-14-5-3-2-4-6-14/h2-10,22H,11-12H2,1H3. The smallest absolute Gasteiger partial charge is 0.306 e. The van der Waals surface area contributed by atoms with Crippen LogP contribution in [-0.2, 0) is 34.5 Å². The molecule has 23 heavy (non-hydrogen) atoms. The van der Waals surface area contributed by atoms with Crippen molar-refractivity contribution in [2.45, 2.75) is 18.4 Å². The highest BCUT2D eigenvalue weighted by atomic mass is 32.2. The van der Waals surface area contributed by atoms with Crippen molar-refractivity contribution in [1.29, 1.82) is 0 Å². The molecule has 1 unspecified atom stereocenters. The Bertz CT molecular complexity index is 743. The van der Waals surface area contributed by atoms with Crippen molar-refractivity contribution < 1.29 is 26.2 Å². The van der Waals surface area contributed by atoms with Gasteiger partial charge in [0, 0.05) is 0 Å². The summed E-state index contributed by atoms with van der Waals surface area (Å²) in [7, 11) is -6.78. The van der Waals surface area contributed by atoms with Gasteiger partial charge in [0.1, 0.15) is 0 Å². The van der Waals surface area contributed by atoms with Gasteiger partial charge in [-0.25, -0.2) is 4.18 Å². The zero-order valence-corrected chi connectivity index (χ0v) is 14.3. The van der Waals surface area contributed by atoms with Gasteiger partial charge in [-0.05, 0) is 24.6 Å². The number of hydrogen-bond donors (Lipinski definition) is 0. The van der Waals surface area contributed by atoms with E-state index < -0.39 is 25.2 Å². The highest BCUT2D eigenvalue weighted by molar-refractivity contribution is 7.86. The molecule has 1 atom stereocenters. The van der Waals surface area contributed by atoms with E-state index in [1.807, 2.05) is 37.3 Å². The van der Waals surface area contributed by atoms with E-state index in [1.54, 1.807) is 12.1 Å². The molecule has 0 heterocycles. The molecular formula is C15H17O6PS. The van der Waals surface area contributed by atoms with Crippen LogP contribution in [0.4, 0.5) is 0 Å². The summed E-state index contributed by atoms with van der Waals surface area (Å²) in [6.07, 6.45) is 0. The van der Waals surface area contributed by atoms with E-state index >= 15 is 0 Å². The van der Waals surface area contributed by atoms with Gasteiger partial charge in [0.15, 0.2) is 6.79 Å². The lowest BCUT2D eigenvalue weighted by Crippen LogP contribution is -2.08. The molecule has 0 aliphatic rings. The average molecular weight is 356 g/mol. The van der Waals surface area contributed by atoms with Crippen LogP contribution in [0.1, 0.15) is 11.1 Å². The van der Waals surface area contributed by atoms with Gasteiger partial charge in [-0.2, -0.15) is 8.42 Å². The van der Waals surface area contributed by atoms with E-state index in [-0.39, 0.29) is 11.5 Å². The summed E-state index contributed by atoms with van der Waals surface area (Å²) in [4.78, 5) is 0.0107. The quantitative estimate of drug-likeness (QED) is 0.410. The second-order valence-corrected chi connectivity index (χ2v) is 7.36. The van der Waals surface area contributed by atoms with Crippen LogP contribution in [0.2, 0.25) is 0 Å². The maximum atomic E-state index is 11.9. The Morgan fingerprint density at radius 2 is 1.61 bits per heavy atom. The summed E-state index contributed by atoms with van der Waals surface area (Å²) in [5, 5.41) is 0. The lowest BCUT2D eigenvalue weighted by atomic mass is 10.2. The Morgan fingerprint density at radius 1 is 0.957 bits per heavy atom. The molecule has 0 saturated carbocycles. The Morgan fingerprint density at radius 3 is 2.26 bits per heavy atom. The first-order valence-corrected chi connectivity index (χ1v) is 9.40.